The third kappa shape index (κ3) is 5.76. The summed E-state index contributed by atoms with van der Waals surface area (Å²) >= 11 is 1.33. The van der Waals surface area contributed by atoms with Crippen molar-refractivity contribution in [2.75, 3.05) is 18.2 Å². The van der Waals surface area contributed by atoms with Crippen LogP contribution in [0.5, 0.6) is 11.5 Å². The van der Waals surface area contributed by atoms with Gasteiger partial charge >= 0.3 is 0 Å². The lowest BCUT2D eigenvalue weighted by Crippen LogP contribution is -2.15. The molecule has 0 saturated heterocycles. The highest BCUT2D eigenvalue weighted by Gasteiger charge is 2.22. The van der Waals surface area contributed by atoms with Crippen molar-refractivity contribution in [3.8, 4) is 17.2 Å². The maximum Gasteiger partial charge on any atom is 0.234 e. The molecular formula is C29H26N4O3S. The van der Waals surface area contributed by atoms with E-state index in [4.69, 9.17) is 9.47 Å². The van der Waals surface area contributed by atoms with Crippen LogP contribution in [-0.4, -0.2) is 33.5 Å². The zero-order chi connectivity index (χ0) is 25.6. The molecule has 4 aromatic carbocycles. The first kappa shape index (κ1) is 24.4. The monoisotopic (exact) mass is 510 g/mol. The lowest BCUT2D eigenvalue weighted by Gasteiger charge is -2.17. The number of carbonyl (C=O) groups excluding carboxylic acids is 1. The van der Waals surface area contributed by atoms with Crippen molar-refractivity contribution in [1.29, 1.82) is 0 Å². The first-order valence-corrected chi connectivity index (χ1v) is 12.8. The van der Waals surface area contributed by atoms with E-state index in [0.29, 0.717) is 22.5 Å². The number of carbonyl (C=O) groups is 1. The highest BCUT2D eigenvalue weighted by molar-refractivity contribution is 7.99. The van der Waals surface area contributed by atoms with Crippen LogP contribution in [0.15, 0.2) is 102 Å². The van der Waals surface area contributed by atoms with Crippen LogP contribution in [0.25, 0.3) is 16.5 Å². The normalized spacial score (nSPS) is 11.7. The van der Waals surface area contributed by atoms with Crippen LogP contribution in [0.4, 0.5) is 5.69 Å². The van der Waals surface area contributed by atoms with Crippen molar-refractivity contribution in [1.82, 2.24) is 14.8 Å². The number of para-hydroxylation sites is 1. The fourth-order valence-electron chi connectivity index (χ4n) is 3.98. The van der Waals surface area contributed by atoms with Crippen LogP contribution >= 0.6 is 11.8 Å². The summed E-state index contributed by atoms with van der Waals surface area (Å²) in [5.74, 6) is 2.07. The third-order valence-electron chi connectivity index (χ3n) is 5.76. The van der Waals surface area contributed by atoms with Gasteiger partial charge in [-0.05, 0) is 54.1 Å². The quantitative estimate of drug-likeness (QED) is 0.235. The average molecular weight is 511 g/mol. The van der Waals surface area contributed by atoms with Gasteiger partial charge in [-0.25, -0.2) is 0 Å². The number of rotatable bonds is 9. The van der Waals surface area contributed by atoms with E-state index in [2.05, 4.69) is 15.5 Å². The second kappa shape index (κ2) is 11.2. The number of amides is 1. The number of nitrogens with one attached hydrogen (secondary N) is 1. The molecular weight excluding hydrogens is 484 g/mol. The molecule has 1 N–H and O–H groups in total. The van der Waals surface area contributed by atoms with Crippen molar-refractivity contribution in [2.45, 2.75) is 18.2 Å². The molecule has 5 aromatic rings. The molecule has 5 rings (SSSR count). The summed E-state index contributed by atoms with van der Waals surface area (Å²) < 4.78 is 13.4. The smallest absolute Gasteiger partial charge is 0.234 e. The summed E-state index contributed by atoms with van der Waals surface area (Å²) in [5, 5.41) is 14.6. The predicted molar refractivity (Wildman–Crippen MR) is 147 cm³/mol. The maximum absolute atomic E-state index is 12.8. The molecule has 1 unspecified atom stereocenters. The molecule has 0 radical (unpaired) electrons. The molecule has 186 valence electrons. The number of hydrogen-bond donors (Lipinski definition) is 1. The van der Waals surface area contributed by atoms with Crippen molar-refractivity contribution < 1.29 is 14.3 Å². The van der Waals surface area contributed by atoms with Crippen molar-refractivity contribution in [3.63, 3.8) is 0 Å². The Balaban J connectivity index is 1.33. The Morgan fingerprint density at radius 3 is 2.46 bits per heavy atom. The number of aromatic nitrogens is 3. The van der Waals surface area contributed by atoms with Crippen LogP contribution in [0.2, 0.25) is 0 Å². The van der Waals surface area contributed by atoms with Gasteiger partial charge in [0.25, 0.3) is 0 Å². The number of ether oxygens (including phenoxy) is 2. The standard InChI is InChI=1S/C29H26N4O3S/c1-20(36-26-14-8-13-25(18-26)35-2)28-31-32-29(33(28)24-11-4-3-5-12-24)37-19-27(34)30-23-16-15-21-9-6-7-10-22(21)17-23/h3-18,20H,19H2,1-2H3,(H,30,34). The minimum absolute atomic E-state index is 0.120. The lowest BCUT2D eigenvalue weighted by atomic mass is 10.1. The lowest BCUT2D eigenvalue weighted by molar-refractivity contribution is -0.113. The summed E-state index contributed by atoms with van der Waals surface area (Å²) in [7, 11) is 1.62. The van der Waals surface area contributed by atoms with Crippen LogP contribution in [0.1, 0.15) is 18.9 Å². The zero-order valence-corrected chi connectivity index (χ0v) is 21.3. The van der Waals surface area contributed by atoms with Gasteiger partial charge in [0.2, 0.25) is 5.91 Å². The molecule has 1 atom stereocenters. The largest absolute Gasteiger partial charge is 0.497 e. The molecule has 1 heterocycles. The van der Waals surface area contributed by atoms with Gasteiger partial charge in [-0.3, -0.25) is 9.36 Å². The maximum atomic E-state index is 12.8. The SMILES string of the molecule is COc1cccc(OC(C)c2nnc(SCC(=O)Nc3ccc4ccccc4c3)n2-c2ccccc2)c1. The third-order valence-corrected chi connectivity index (χ3v) is 6.68. The first-order chi connectivity index (χ1) is 18.1. The fraction of sp³-hybridized carbons (Fsp3) is 0.138. The van der Waals surface area contributed by atoms with Crippen LogP contribution < -0.4 is 14.8 Å². The molecule has 0 saturated carbocycles. The molecule has 8 heteroatoms. The Hall–Kier alpha value is -4.30. The van der Waals surface area contributed by atoms with E-state index in [9.17, 15) is 4.79 Å². The van der Waals surface area contributed by atoms with E-state index < -0.39 is 6.10 Å². The van der Waals surface area contributed by atoms with Crippen molar-refractivity contribution >= 4 is 34.1 Å². The van der Waals surface area contributed by atoms with E-state index in [1.807, 2.05) is 109 Å². The zero-order valence-electron chi connectivity index (χ0n) is 20.5. The highest BCUT2D eigenvalue weighted by Crippen LogP contribution is 2.29. The summed E-state index contributed by atoms with van der Waals surface area (Å²) in [6.45, 7) is 1.92. The minimum Gasteiger partial charge on any atom is -0.497 e. The summed E-state index contributed by atoms with van der Waals surface area (Å²) in [4.78, 5) is 12.8. The number of nitrogens with zero attached hydrogens (tertiary/aromatic N) is 3. The van der Waals surface area contributed by atoms with Crippen molar-refractivity contribution in [3.05, 3.63) is 103 Å². The average Bonchev–Trinajstić information content (AvgIpc) is 3.37. The Bertz CT molecular complexity index is 1520. The van der Waals surface area contributed by atoms with Gasteiger partial charge in [0.05, 0.1) is 12.9 Å². The molecule has 0 spiro atoms. The predicted octanol–water partition coefficient (Wildman–Crippen LogP) is 6.30. The summed E-state index contributed by atoms with van der Waals surface area (Å²) in [6, 6.07) is 31.2. The van der Waals surface area contributed by atoms with Gasteiger partial charge in [-0.2, -0.15) is 0 Å². The molecule has 0 aliphatic heterocycles. The molecule has 7 nitrogen and oxygen atoms in total. The molecule has 37 heavy (non-hydrogen) atoms. The minimum atomic E-state index is -0.402. The number of methoxy groups -OCH3 is 1. The number of fused-ring (bicyclic) bond motifs is 1. The van der Waals surface area contributed by atoms with Gasteiger partial charge < -0.3 is 14.8 Å². The van der Waals surface area contributed by atoms with Gasteiger partial charge in [-0.15, -0.1) is 10.2 Å². The number of anilines is 1. The van der Waals surface area contributed by atoms with E-state index in [-0.39, 0.29) is 11.7 Å². The molecule has 0 aliphatic carbocycles. The fourth-order valence-corrected chi connectivity index (χ4v) is 4.74. The highest BCUT2D eigenvalue weighted by atomic mass is 32.2. The second-order valence-electron chi connectivity index (χ2n) is 8.35. The Labute approximate surface area is 219 Å². The van der Waals surface area contributed by atoms with E-state index in [1.165, 1.54) is 11.8 Å². The Morgan fingerprint density at radius 2 is 1.65 bits per heavy atom. The first-order valence-electron chi connectivity index (χ1n) is 11.8. The molecule has 1 aromatic heterocycles. The number of thioether (sulfide) groups is 1. The molecule has 0 fully saturated rings. The summed E-state index contributed by atoms with van der Waals surface area (Å²) in [6.07, 6.45) is -0.402. The topological polar surface area (TPSA) is 78.3 Å². The van der Waals surface area contributed by atoms with Gasteiger partial charge in [-0.1, -0.05) is 66.4 Å². The Morgan fingerprint density at radius 1 is 0.892 bits per heavy atom. The molecule has 1 amide bonds. The van der Waals surface area contributed by atoms with Gasteiger partial charge in [0.15, 0.2) is 17.1 Å². The molecule has 0 aliphatic rings. The van der Waals surface area contributed by atoms with E-state index in [0.717, 1.165) is 22.1 Å². The number of benzene rings is 4. The summed E-state index contributed by atoms with van der Waals surface area (Å²) in [5.41, 5.74) is 1.65. The number of hydrogen-bond acceptors (Lipinski definition) is 6. The second-order valence-corrected chi connectivity index (χ2v) is 9.29. The van der Waals surface area contributed by atoms with E-state index in [1.54, 1.807) is 7.11 Å². The van der Waals surface area contributed by atoms with Gasteiger partial charge in [0.1, 0.15) is 11.5 Å². The van der Waals surface area contributed by atoms with Crippen molar-refractivity contribution in [2.24, 2.45) is 0 Å². The van der Waals surface area contributed by atoms with Crippen LogP contribution in [-0.2, 0) is 4.79 Å². The van der Waals surface area contributed by atoms with Gasteiger partial charge in [0, 0.05) is 17.4 Å². The van der Waals surface area contributed by atoms with Crippen LogP contribution in [0.3, 0.4) is 0 Å². The van der Waals surface area contributed by atoms with Crippen LogP contribution in [0, 0.1) is 0 Å². The molecule has 0 bridgehead atoms. The van der Waals surface area contributed by atoms with E-state index >= 15 is 0 Å². The Kier molecular flexibility index (Phi) is 7.37.